The molecule has 2 aliphatic rings. The van der Waals surface area contributed by atoms with Gasteiger partial charge < -0.3 is 0 Å². The van der Waals surface area contributed by atoms with Gasteiger partial charge in [0.05, 0.1) is 0 Å². The molecule has 0 N–H and O–H groups in total. The normalized spacial score (nSPS) is 28.4. The lowest BCUT2D eigenvalue weighted by Crippen LogP contribution is -2.23. The van der Waals surface area contributed by atoms with Gasteiger partial charge in [-0.15, -0.1) is 0 Å². The summed E-state index contributed by atoms with van der Waals surface area (Å²) in [4.78, 5) is 0. The van der Waals surface area contributed by atoms with Gasteiger partial charge in [-0.1, -0.05) is 57.2 Å². The van der Waals surface area contributed by atoms with Crippen LogP contribution in [0.2, 0.25) is 0 Å². The zero-order valence-corrected chi connectivity index (χ0v) is 14.6. The second-order valence-corrected chi connectivity index (χ2v) is 7.69. The Bertz CT molecular complexity index is 505. The minimum atomic E-state index is -0.136. The van der Waals surface area contributed by atoms with Crippen LogP contribution in [0, 0.1) is 23.6 Å². The van der Waals surface area contributed by atoms with E-state index in [1.165, 1.54) is 75.3 Å². The summed E-state index contributed by atoms with van der Waals surface area (Å²) in [7, 11) is 0. The average molecular weight is 314 g/mol. The molecule has 0 heterocycles. The third-order valence-corrected chi connectivity index (χ3v) is 6.19. The Morgan fingerprint density at radius 2 is 1.70 bits per heavy atom. The molecule has 3 rings (SSSR count). The van der Waals surface area contributed by atoms with Crippen molar-refractivity contribution in [2.24, 2.45) is 17.8 Å². The molecule has 0 radical (unpaired) electrons. The first-order valence-corrected chi connectivity index (χ1v) is 9.71. The summed E-state index contributed by atoms with van der Waals surface area (Å²) in [5.41, 5.74) is 2.64. The van der Waals surface area contributed by atoms with Crippen molar-refractivity contribution in [2.45, 2.75) is 71.1 Å². The summed E-state index contributed by atoms with van der Waals surface area (Å²) in [6.07, 6.45) is 16.2. The number of hydrogen-bond donors (Lipinski definition) is 0. The van der Waals surface area contributed by atoms with E-state index in [-0.39, 0.29) is 5.82 Å². The fraction of sp³-hybridized carbons (Fsp3) is 0.636. The molecule has 1 unspecified atom stereocenters. The van der Waals surface area contributed by atoms with Crippen LogP contribution in [-0.2, 0) is 0 Å². The van der Waals surface area contributed by atoms with Crippen LogP contribution in [0.15, 0.2) is 30.3 Å². The van der Waals surface area contributed by atoms with Gasteiger partial charge >= 0.3 is 0 Å². The molecule has 1 heteroatoms. The number of rotatable bonds is 5. The van der Waals surface area contributed by atoms with Crippen molar-refractivity contribution in [1.82, 2.24) is 0 Å². The Balaban J connectivity index is 1.50. The molecule has 0 spiro atoms. The van der Waals surface area contributed by atoms with Crippen molar-refractivity contribution in [3.05, 3.63) is 41.7 Å². The van der Waals surface area contributed by atoms with Gasteiger partial charge in [-0.3, -0.25) is 0 Å². The third-order valence-electron chi connectivity index (χ3n) is 6.19. The molecule has 126 valence electrons. The number of allylic oxidation sites excluding steroid dienone is 2. The van der Waals surface area contributed by atoms with Crippen molar-refractivity contribution >= 4 is 5.57 Å². The van der Waals surface area contributed by atoms with E-state index in [2.05, 4.69) is 13.0 Å². The summed E-state index contributed by atoms with van der Waals surface area (Å²) < 4.78 is 13.0. The molecule has 0 nitrogen and oxygen atoms in total. The second-order valence-electron chi connectivity index (χ2n) is 7.69. The minimum absolute atomic E-state index is 0.136. The van der Waals surface area contributed by atoms with Crippen LogP contribution in [0.3, 0.4) is 0 Å². The van der Waals surface area contributed by atoms with Gasteiger partial charge in [0.15, 0.2) is 0 Å². The quantitative estimate of drug-likeness (QED) is 0.548. The Kier molecular flexibility index (Phi) is 5.91. The van der Waals surface area contributed by atoms with Gasteiger partial charge in [-0.05, 0) is 73.1 Å². The highest BCUT2D eigenvalue weighted by molar-refractivity contribution is 5.66. The van der Waals surface area contributed by atoms with Gasteiger partial charge in [0.25, 0.3) is 0 Å². The zero-order chi connectivity index (χ0) is 16.1. The second kappa shape index (κ2) is 8.13. The largest absolute Gasteiger partial charge is 0.207 e. The number of benzene rings is 1. The fourth-order valence-corrected chi connectivity index (χ4v) is 4.65. The average Bonchev–Trinajstić information content (AvgIpc) is 2.61. The van der Waals surface area contributed by atoms with Crippen molar-refractivity contribution in [1.29, 1.82) is 0 Å². The van der Waals surface area contributed by atoms with Gasteiger partial charge in [0.2, 0.25) is 0 Å². The molecule has 1 aromatic rings. The molecule has 1 fully saturated rings. The molecule has 0 amide bonds. The summed E-state index contributed by atoms with van der Waals surface area (Å²) in [6.45, 7) is 2.30. The SMILES string of the molecule is CCCCC1CCC(C2CC=C(c3ccc(F)cc3)CC2)CC1. The Morgan fingerprint density at radius 1 is 0.957 bits per heavy atom. The van der Waals surface area contributed by atoms with Crippen LogP contribution in [-0.4, -0.2) is 0 Å². The molecule has 1 saturated carbocycles. The smallest absolute Gasteiger partial charge is 0.123 e. The Labute approximate surface area is 141 Å². The van der Waals surface area contributed by atoms with Crippen LogP contribution >= 0.6 is 0 Å². The van der Waals surface area contributed by atoms with Crippen molar-refractivity contribution < 1.29 is 4.39 Å². The summed E-state index contributed by atoms with van der Waals surface area (Å²) >= 11 is 0. The fourth-order valence-electron chi connectivity index (χ4n) is 4.65. The van der Waals surface area contributed by atoms with Crippen LogP contribution < -0.4 is 0 Å². The van der Waals surface area contributed by atoms with E-state index in [9.17, 15) is 4.39 Å². The Morgan fingerprint density at radius 3 is 2.30 bits per heavy atom. The van der Waals surface area contributed by atoms with E-state index in [1.807, 2.05) is 12.1 Å². The van der Waals surface area contributed by atoms with Crippen LogP contribution in [0.1, 0.15) is 76.7 Å². The first-order valence-electron chi connectivity index (χ1n) is 9.71. The predicted molar refractivity (Wildman–Crippen MR) is 96.7 cm³/mol. The van der Waals surface area contributed by atoms with E-state index >= 15 is 0 Å². The molecule has 0 saturated heterocycles. The molecule has 23 heavy (non-hydrogen) atoms. The van der Waals surface area contributed by atoms with Gasteiger partial charge in [0, 0.05) is 0 Å². The highest BCUT2D eigenvalue weighted by Crippen LogP contribution is 2.42. The maximum Gasteiger partial charge on any atom is 0.123 e. The van der Waals surface area contributed by atoms with Crippen molar-refractivity contribution in [2.75, 3.05) is 0 Å². The molecule has 2 aliphatic carbocycles. The summed E-state index contributed by atoms with van der Waals surface area (Å²) in [6, 6.07) is 7.03. The zero-order valence-electron chi connectivity index (χ0n) is 14.6. The van der Waals surface area contributed by atoms with Gasteiger partial charge in [-0.25, -0.2) is 4.39 Å². The topological polar surface area (TPSA) is 0 Å². The lowest BCUT2D eigenvalue weighted by Gasteiger charge is -2.35. The predicted octanol–water partition coefficient (Wildman–Crippen LogP) is 7.01. The molecule has 1 atom stereocenters. The van der Waals surface area contributed by atoms with E-state index in [1.54, 1.807) is 12.1 Å². The van der Waals surface area contributed by atoms with Gasteiger partial charge in [-0.2, -0.15) is 0 Å². The van der Waals surface area contributed by atoms with E-state index in [0.29, 0.717) is 0 Å². The van der Waals surface area contributed by atoms with E-state index in [4.69, 9.17) is 0 Å². The van der Waals surface area contributed by atoms with Crippen LogP contribution in [0.4, 0.5) is 4.39 Å². The maximum absolute atomic E-state index is 13.0. The molecular weight excluding hydrogens is 283 g/mol. The first-order chi connectivity index (χ1) is 11.3. The minimum Gasteiger partial charge on any atom is -0.207 e. The third kappa shape index (κ3) is 4.46. The first kappa shape index (κ1) is 16.7. The van der Waals surface area contributed by atoms with E-state index in [0.717, 1.165) is 17.8 Å². The molecule has 0 aromatic heterocycles. The molecule has 0 bridgehead atoms. The van der Waals surface area contributed by atoms with Crippen molar-refractivity contribution in [3.63, 3.8) is 0 Å². The molecular formula is C22H31F. The highest BCUT2D eigenvalue weighted by atomic mass is 19.1. The van der Waals surface area contributed by atoms with Crippen molar-refractivity contribution in [3.8, 4) is 0 Å². The number of hydrogen-bond acceptors (Lipinski definition) is 0. The summed E-state index contributed by atoms with van der Waals surface area (Å²) in [5, 5.41) is 0. The Hall–Kier alpha value is -1.11. The lowest BCUT2D eigenvalue weighted by molar-refractivity contribution is 0.188. The highest BCUT2D eigenvalue weighted by Gasteiger charge is 2.28. The maximum atomic E-state index is 13.0. The van der Waals surface area contributed by atoms with Crippen LogP contribution in [0.25, 0.3) is 5.57 Å². The van der Waals surface area contributed by atoms with E-state index < -0.39 is 0 Å². The molecule has 0 aliphatic heterocycles. The monoisotopic (exact) mass is 314 g/mol. The number of unbranched alkanes of at least 4 members (excludes halogenated alkanes) is 1. The van der Waals surface area contributed by atoms with Gasteiger partial charge in [0.1, 0.15) is 5.82 Å². The molecule has 1 aromatic carbocycles. The summed E-state index contributed by atoms with van der Waals surface area (Å²) in [5.74, 6) is 2.73. The number of halogens is 1. The standard InChI is InChI=1S/C22H31F/c1-2-3-4-17-5-7-18(8-6-17)19-9-11-20(12-10-19)21-13-15-22(23)16-14-21/h11,13-19H,2-10,12H2,1H3. The van der Waals surface area contributed by atoms with Crippen LogP contribution in [0.5, 0.6) is 0 Å². The lowest BCUT2D eigenvalue weighted by atomic mass is 9.70.